The van der Waals surface area contributed by atoms with E-state index in [1.165, 1.54) is 38.9 Å². The van der Waals surface area contributed by atoms with Crippen LogP contribution < -0.4 is 0 Å². The van der Waals surface area contributed by atoms with E-state index in [0.29, 0.717) is 5.92 Å². The molecule has 1 aliphatic rings. The van der Waals surface area contributed by atoms with Crippen molar-refractivity contribution in [3.8, 4) is 11.3 Å². The van der Waals surface area contributed by atoms with Crippen LogP contribution >= 0.6 is 0 Å². The van der Waals surface area contributed by atoms with Crippen LogP contribution in [0.4, 0.5) is 0 Å². The molecule has 1 radical (unpaired) electrons. The Morgan fingerprint density at radius 1 is 0.957 bits per heavy atom. The Morgan fingerprint density at radius 2 is 1.63 bits per heavy atom. The number of allylic oxidation sites excluding steroid dienone is 2. The van der Waals surface area contributed by atoms with Crippen molar-refractivity contribution in [3.63, 3.8) is 0 Å². The molecule has 6 rings (SSSR count). The van der Waals surface area contributed by atoms with Gasteiger partial charge in [-0.3, -0.25) is 4.79 Å². The average molecular weight is 795 g/mol. The molecular formula is C41H48IrNO3-. The van der Waals surface area contributed by atoms with Crippen molar-refractivity contribution >= 4 is 38.5 Å². The van der Waals surface area contributed by atoms with Crippen molar-refractivity contribution in [2.24, 2.45) is 17.8 Å². The van der Waals surface area contributed by atoms with E-state index in [1.54, 1.807) is 0 Å². The van der Waals surface area contributed by atoms with E-state index >= 15 is 0 Å². The van der Waals surface area contributed by atoms with E-state index in [0.717, 1.165) is 59.9 Å². The first-order chi connectivity index (χ1) is 21.5. The standard InChI is InChI=1S/C28H24NO.C13H24O2.Ir/c1-16(2)13-17-11-12-18-15-29-27-19-7-5-9-22-24(19)25-21(8-6-10-23(25)30-22)28(3,4)26(27)20(18)14-17;1-5-10(6-2)12(14)9-13(15)11(7-3)8-4;/h5-6,8-12,14-16H,13H2,1-4H3;9-11,14H,5-8H2,1-4H3;/q-1;;/b;12-9-;. The van der Waals surface area contributed by atoms with E-state index in [9.17, 15) is 9.90 Å². The summed E-state index contributed by atoms with van der Waals surface area (Å²) in [5.41, 5.74) is 7.67. The van der Waals surface area contributed by atoms with Gasteiger partial charge in [-0.05, 0) is 82.6 Å². The summed E-state index contributed by atoms with van der Waals surface area (Å²) in [6, 6.07) is 20.8. The molecule has 2 aromatic heterocycles. The molecule has 2 heterocycles. The predicted molar refractivity (Wildman–Crippen MR) is 188 cm³/mol. The smallest absolute Gasteiger partial charge is 0.162 e. The zero-order valence-corrected chi connectivity index (χ0v) is 31.0. The first kappa shape index (κ1) is 35.6. The largest absolute Gasteiger partial charge is 0.512 e. The van der Waals surface area contributed by atoms with Crippen molar-refractivity contribution < 1.29 is 34.4 Å². The number of benzene rings is 3. The van der Waals surface area contributed by atoms with Crippen molar-refractivity contribution in [3.05, 3.63) is 89.3 Å². The van der Waals surface area contributed by atoms with Gasteiger partial charge < -0.3 is 14.5 Å². The number of hydrogen-bond acceptors (Lipinski definition) is 4. The van der Waals surface area contributed by atoms with Crippen LogP contribution in [-0.4, -0.2) is 15.9 Å². The van der Waals surface area contributed by atoms with Gasteiger partial charge in [0.05, 0.1) is 11.3 Å². The third kappa shape index (κ3) is 6.60. The van der Waals surface area contributed by atoms with Gasteiger partial charge >= 0.3 is 0 Å². The van der Waals surface area contributed by atoms with Crippen molar-refractivity contribution in [2.45, 2.75) is 92.9 Å². The van der Waals surface area contributed by atoms with E-state index < -0.39 is 0 Å². The minimum absolute atomic E-state index is 0. The first-order valence-corrected chi connectivity index (χ1v) is 16.8. The zero-order chi connectivity index (χ0) is 32.5. The van der Waals surface area contributed by atoms with Crippen LogP contribution in [0.3, 0.4) is 0 Å². The molecule has 0 spiro atoms. The summed E-state index contributed by atoms with van der Waals surface area (Å²) >= 11 is 0. The molecule has 4 nitrogen and oxygen atoms in total. The molecule has 0 unspecified atom stereocenters. The van der Waals surface area contributed by atoms with Crippen LogP contribution in [0.15, 0.2) is 71.0 Å². The van der Waals surface area contributed by atoms with E-state index in [1.807, 2.05) is 46.0 Å². The molecule has 0 fully saturated rings. The van der Waals surface area contributed by atoms with E-state index in [2.05, 4.69) is 70.2 Å². The summed E-state index contributed by atoms with van der Waals surface area (Å²) in [5.74, 6) is 1.17. The van der Waals surface area contributed by atoms with E-state index in [4.69, 9.17) is 9.40 Å². The SMILES string of the molecule is CC(C)Cc1ccc2cnc3c(c2c1)C(C)(C)c1cccc2oc4cc[c-]c-3c4c12.CCC(CC)C(=O)/C=C(\O)C(CC)CC.[Ir]. The molecule has 46 heavy (non-hydrogen) atoms. The Kier molecular flexibility index (Phi) is 11.3. The van der Waals surface area contributed by atoms with Gasteiger partial charge in [0, 0.05) is 49.6 Å². The van der Waals surface area contributed by atoms with Gasteiger partial charge in [0.15, 0.2) is 5.78 Å². The molecule has 0 atom stereocenters. The van der Waals surface area contributed by atoms with Gasteiger partial charge in [-0.2, -0.15) is 0 Å². The summed E-state index contributed by atoms with van der Waals surface area (Å²) in [5, 5.41) is 14.6. The molecule has 3 aromatic carbocycles. The number of aromatic nitrogens is 1. The topological polar surface area (TPSA) is 63.3 Å². The second-order valence-corrected chi connectivity index (χ2v) is 13.5. The fraction of sp³-hybridized carbons (Fsp3) is 0.415. The molecule has 1 aliphatic carbocycles. The minimum atomic E-state index is -0.221. The molecule has 0 aliphatic heterocycles. The fourth-order valence-electron chi connectivity index (χ4n) is 7.11. The Hall–Kier alpha value is -3.27. The van der Waals surface area contributed by atoms with Crippen molar-refractivity contribution in [1.29, 1.82) is 0 Å². The summed E-state index contributed by atoms with van der Waals surface area (Å²) in [7, 11) is 0. The van der Waals surface area contributed by atoms with Crippen LogP contribution in [0.2, 0.25) is 0 Å². The average Bonchev–Trinajstić information content (AvgIpc) is 3.37. The molecule has 0 amide bonds. The number of rotatable bonds is 9. The Bertz CT molecular complexity index is 1870. The zero-order valence-electron chi connectivity index (χ0n) is 28.6. The fourth-order valence-corrected chi connectivity index (χ4v) is 7.11. The molecule has 0 saturated carbocycles. The van der Waals surface area contributed by atoms with Crippen LogP contribution in [0, 0.1) is 23.8 Å². The quantitative estimate of drug-likeness (QED) is 0.0917. The number of fused-ring (bicyclic) bond motifs is 4. The van der Waals surface area contributed by atoms with Gasteiger partial charge in [0.25, 0.3) is 0 Å². The number of carbonyl (C=O) groups is 1. The molecule has 0 bridgehead atoms. The van der Waals surface area contributed by atoms with E-state index in [-0.39, 0.29) is 48.9 Å². The second-order valence-electron chi connectivity index (χ2n) is 13.5. The number of hydrogen-bond donors (Lipinski definition) is 1. The molecule has 1 N–H and O–H groups in total. The predicted octanol–water partition coefficient (Wildman–Crippen LogP) is 11.3. The number of ketones is 1. The molecule has 5 heteroatoms. The molecular weight excluding hydrogens is 747 g/mol. The summed E-state index contributed by atoms with van der Waals surface area (Å²) in [4.78, 5) is 16.7. The summed E-state index contributed by atoms with van der Waals surface area (Å²) < 4.78 is 6.22. The Labute approximate surface area is 288 Å². The normalized spacial score (nSPS) is 13.7. The third-order valence-electron chi connectivity index (χ3n) is 9.67. The molecule has 0 saturated heterocycles. The first-order valence-electron chi connectivity index (χ1n) is 16.8. The number of pyridine rings is 1. The number of carbonyl (C=O) groups excluding carboxylic acids is 1. The minimum Gasteiger partial charge on any atom is -0.512 e. The Morgan fingerprint density at radius 3 is 2.28 bits per heavy atom. The monoisotopic (exact) mass is 795 g/mol. The van der Waals surface area contributed by atoms with Gasteiger partial charge in [0.1, 0.15) is 5.58 Å². The maximum absolute atomic E-state index is 11.7. The number of aliphatic hydroxyl groups is 1. The number of nitrogens with zero attached hydrogens (tertiary/aromatic N) is 1. The number of furan rings is 1. The van der Waals surface area contributed by atoms with Crippen molar-refractivity contribution in [1.82, 2.24) is 4.98 Å². The van der Waals surface area contributed by atoms with Crippen LogP contribution in [0.5, 0.6) is 0 Å². The van der Waals surface area contributed by atoms with Gasteiger partial charge in [0.2, 0.25) is 0 Å². The second kappa shape index (κ2) is 14.7. The van der Waals surface area contributed by atoms with Crippen molar-refractivity contribution in [2.75, 3.05) is 0 Å². The van der Waals surface area contributed by atoms with Crippen LogP contribution in [-0.2, 0) is 36.7 Å². The van der Waals surface area contributed by atoms with Crippen LogP contribution in [0.25, 0.3) is 44.0 Å². The number of aliphatic hydroxyl groups excluding tert-OH is 1. The maximum atomic E-state index is 11.7. The summed E-state index contributed by atoms with van der Waals surface area (Å²) in [6.07, 6.45) is 8.00. The maximum Gasteiger partial charge on any atom is 0.162 e. The molecule has 245 valence electrons. The van der Waals surface area contributed by atoms with Gasteiger partial charge in [-0.15, -0.1) is 17.7 Å². The van der Waals surface area contributed by atoms with Gasteiger partial charge in [-0.25, -0.2) is 0 Å². The third-order valence-corrected chi connectivity index (χ3v) is 9.67. The summed E-state index contributed by atoms with van der Waals surface area (Å²) in [6.45, 7) is 17.3. The van der Waals surface area contributed by atoms with Crippen LogP contribution in [0.1, 0.15) is 97.8 Å². The Balaban J connectivity index is 0.000000259. The molecule has 5 aromatic rings. The van der Waals surface area contributed by atoms with Gasteiger partial charge in [-0.1, -0.05) is 97.2 Å².